The van der Waals surface area contributed by atoms with Gasteiger partial charge >= 0.3 is 0 Å². The Labute approximate surface area is 331 Å². The molecule has 0 aliphatic heterocycles. The van der Waals surface area contributed by atoms with Gasteiger partial charge in [-0.1, -0.05) is 170 Å². The molecular weight excluding hydrogens is 677 g/mol. The molecule has 0 amide bonds. The third-order valence-corrected chi connectivity index (χ3v) is 9.96. The molecule has 0 saturated heterocycles. The standard InChI is InChI=1S/C54H44N2/c1-5-13-43(14-6-1)21-23-45-27-35-51(36-28-45)55(49-17-9-3-10-18-49)53-39-31-47(32-40-53)25-26-48-33-41-54(42-34-48)56(50-19-11-4-12-20-50)52-37-29-46(30-38-52)24-22-44-15-7-2-8-16-44/h1-21,23,25-42H,22,24H2/b23-21+,26-25+. The summed E-state index contributed by atoms with van der Waals surface area (Å²) < 4.78 is 0. The van der Waals surface area contributed by atoms with Gasteiger partial charge in [0.2, 0.25) is 0 Å². The molecule has 0 saturated carbocycles. The number of hydrogen-bond acceptors (Lipinski definition) is 2. The maximum absolute atomic E-state index is 2.32. The van der Waals surface area contributed by atoms with Gasteiger partial charge in [0, 0.05) is 34.1 Å². The van der Waals surface area contributed by atoms with Gasteiger partial charge in [-0.25, -0.2) is 0 Å². The topological polar surface area (TPSA) is 6.48 Å². The van der Waals surface area contributed by atoms with Crippen LogP contribution in [0.1, 0.15) is 33.4 Å². The van der Waals surface area contributed by atoms with E-state index in [1.807, 2.05) is 6.07 Å². The Morgan fingerprint density at radius 1 is 0.232 bits per heavy atom. The molecule has 0 unspecified atom stereocenters. The second kappa shape index (κ2) is 17.8. The van der Waals surface area contributed by atoms with Gasteiger partial charge in [0.1, 0.15) is 0 Å². The molecule has 8 rings (SSSR count). The van der Waals surface area contributed by atoms with Crippen molar-refractivity contribution >= 4 is 58.4 Å². The molecule has 0 heterocycles. The molecule has 0 spiro atoms. The van der Waals surface area contributed by atoms with Crippen LogP contribution in [-0.4, -0.2) is 0 Å². The summed E-state index contributed by atoms with van der Waals surface area (Å²) >= 11 is 0. The molecular formula is C54H44N2. The van der Waals surface area contributed by atoms with Gasteiger partial charge in [-0.2, -0.15) is 0 Å². The Morgan fingerprint density at radius 3 is 0.839 bits per heavy atom. The lowest BCUT2D eigenvalue weighted by atomic mass is 10.0. The van der Waals surface area contributed by atoms with Crippen molar-refractivity contribution in [2.45, 2.75) is 12.8 Å². The van der Waals surface area contributed by atoms with Crippen LogP contribution >= 0.6 is 0 Å². The quantitative estimate of drug-likeness (QED) is 0.109. The maximum atomic E-state index is 2.32. The Balaban J connectivity index is 0.972. The Kier molecular flexibility index (Phi) is 11.4. The van der Waals surface area contributed by atoms with E-state index in [2.05, 4.69) is 246 Å². The predicted molar refractivity (Wildman–Crippen MR) is 240 cm³/mol. The van der Waals surface area contributed by atoms with E-state index < -0.39 is 0 Å². The smallest absolute Gasteiger partial charge is 0.0462 e. The molecule has 0 aliphatic carbocycles. The summed E-state index contributed by atoms with van der Waals surface area (Å²) in [4.78, 5) is 4.62. The molecule has 2 heteroatoms. The van der Waals surface area contributed by atoms with Crippen LogP contribution in [0.4, 0.5) is 34.1 Å². The molecule has 8 aromatic carbocycles. The van der Waals surface area contributed by atoms with Crippen molar-refractivity contribution in [3.63, 3.8) is 0 Å². The highest BCUT2D eigenvalue weighted by atomic mass is 15.1. The van der Waals surface area contributed by atoms with Gasteiger partial charge in [0.25, 0.3) is 0 Å². The summed E-state index contributed by atoms with van der Waals surface area (Å²) in [6, 6.07) is 77.6. The van der Waals surface area contributed by atoms with Crippen molar-refractivity contribution in [3.8, 4) is 0 Å². The zero-order valence-corrected chi connectivity index (χ0v) is 31.4. The van der Waals surface area contributed by atoms with Crippen LogP contribution < -0.4 is 9.80 Å². The summed E-state index contributed by atoms with van der Waals surface area (Å²) in [5.41, 5.74) is 14.1. The molecule has 0 N–H and O–H groups in total. The molecule has 0 aromatic heterocycles. The highest BCUT2D eigenvalue weighted by Gasteiger charge is 2.13. The number of hydrogen-bond donors (Lipinski definition) is 0. The fourth-order valence-corrected chi connectivity index (χ4v) is 6.95. The van der Waals surface area contributed by atoms with Crippen molar-refractivity contribution in [2.24, 2.45) is 0 Å². The van der Waals surface area contributed by atoms with Crippen LogP contribution in [0, 0.1) is 0 Å². The zero-order chi connectivity index (χ0) is 37.8. The number of nitrogens with zero attached hydrogens (tertiary/aromatic N) is 2. The molecule has 0 atom stereocenters. The minimum atomic E-state index is 1.02. The summed E-state index contributed by atoms with van der Waals surface area (Å²) in [6.07, 6.45) is 10.7. The predicted octanol–water partition coefficient (Wildman–Crippen LogP) is 14.8. The third kappa shape index (κ3) is 9.13. The van der Waals surface area contributed by atoms with Gasteiger partial charge in [0.05, 0.1) is 0 Å². The summed E-state index contributed by atoms with van der Waals surface area (Å²) in [5, 5.41) is 0. The number of para-hydroxylation sites is 2. The van der Waals surface area contributed by atoms with Crippen LogP contribution in [0.5, 0.6) is 0 Å². The number of rotatable bonds is 13. The summed E-state index contributed by atoms with van der Waals surface area (Å²) in [6.45, 7) is 0. The van der Waals surface area contributed by atoms with E-state index in [1.165, 1.54) is 16.7 Å². The van der Waals surface area contributed by atoms with Gasteiger partial charge < -0.3 is 9.80 Å². The molecule has 0 fully saturated rings. The van der Waals surface area contributed by atoms with E-state index in [-0.39, 0.29) is 0 Å². The van der Waals surface area contributed by atoms with Crippen LogP contribution in [0.2, 0.25) is 0 Å². The fourth-order valence-electron chi connectivity index (χ4n) is 6.95. The Morgan fingerprint density at radius 2 is 0.482 bits per heavy atom. The van der Waals surface area contributed by atoms with Crippen LogP contribution in [0.25, 0.3) is 24.3 Å². The lowest BCUT2D eigenvalue weighted by molar-refractivity contribution is 0.960. The fraction of sp³-hybridized carbons (Fsp3) is 0.0370. The first kappa shape index (κ1) is 35.8. The molecule has 0 aliphatic rings. The number of benzene rings is 8. The number of aryl methyl sites for hydroxylation is 2. The normalized spacial score (nSPS) is 11.2. The highest BCUT2D eigenvalue weighted by molar-refractivity contribution is 5.81. The Hall–Kier alpha value is -7.16. The van der Waals surface area contributed by atoms with E-state index in [4.69, 9.17) is 0 Å². The van der Waals surface area contributed by atoms with Crippen LogP contribution in [0.3, 0.4) is 0 Å². The first-order valence-corrected chi connectivity index (χ1v) is 19.3. The SMILES string of the molecule is C(=C\c1ccc(N(c2ccccc2)c2ccc(/C=C/c3ccc(N(c4ccccc4)c4ccc(CCc5ccccc5)cc4)cc3)cc2)cc1)/c1ccccc1. The van der Waals surface area contributed by atoms with Crippen molar-refractivity contribution in [1.82, 2.24) is 0 Å². The summed E-state index contributed by atoms with van der Waals surface area (Å²) in [5.74, 6) is 0. The molecule has 2 nitrogen and oxygen atoms in total. The van der Waals surface area contributed by atoms with Crippen molar-refractivity contribution in [2.75, 3.05) is 9.80 Å². The largest absolute Gasteiger partial charge is 0.311 e. The van der Waals surface area contributed by atoms with E-state index >= 15 is 0 Å². The number of anilines is 6. The minimum Gasteiger partial charge on any atom is -0.311 e. The minimum absolute atomic E-state index is 1.02. The second-order valence-electron chi connectivity index (χ2n) is 13.8. The average Bonchev–Trinajstić information content (AvgIpc) is 3.28. The van der Waals surface area contributed by atoms with Crippen molar-refractivity contribution < 1.29 is 0 Å². The Bertz CT molecular complexity index is 2450. The molecule has 56 heavy (non-hydrogen) atoms. The second-order valence-corrected chi connectivity index (χ2v) is 13.8. The first-order valence-electron chi connectivity index (χ1n) is 19.3. The average molecular weight is 721 g/mol. The van der Waals surface area contributed by atoms with Crippen LogP contribution in [0.15, 0.2) is 218 Å². The molecule has 8 aromatic rings. The van der Waals surface area contributed by atoms with Crippen molar-refractivity contribution in [3.05, 3.63) is 252 Å². The lowest BCUT2D eigenvalue weighted by Crippen LogP contribution is -2.09. The van der Waals surface area contributed by atoms with E-state index in [9.17, 15) is 0 Å². The van der Waals surface area contributed by atoms with E-state index in [1.54, 1.807) is 0 Å². The molecule has 270 valence electrons. The lowest BCUT2D eigenvalue weighted by Gasteiger charge is -2.26. The van der Waals surface area contributed by atoms with Gasteiger partial charge in [-0.05, 0) is 119 Å². The monoisotopic (exact) mass is 720 g/mol. The molecule has 0 bridgehead atoms. The van der Waals surface area contributed by atoms with E-state index in [0.717, 1.165) is 63.7 Å². The molecule has 0 radical (unpaired) electrons. The van der Waals surface area contributed by atoms with Crippen LogP contribution in [-0.2, 0) is 12.8 Å². The van der Waals surface area contributed by atoms with Gasteiger partial charge in [-0.3, -0.25) is 0 Å². The first-order chi connectivity index (χ1) is 27.7. The third-order valence-electron chi connectivity index (χ3n) is 9.96. The maximum Gasteiger partial charge on any atom is 0.0462 e. The van der Waals surface area contributed by atoms with Gasteiger partial charge in [0.15, 0.2) is 0 Å². The van der Waals surface area contributed by atoms with Crippen molar-refractivity contribution in [1.29, 1.82) is 0 Å². The van der Waals surface area contributed by atoms with Gasteiger partial charge in [-0.15, -0.1) is 0 Å². The van der Waals surface area contributed by atoms with E-state index in [0.29, 0.717) is 0 Å². The highest BCUT2D eigenvalue weighted by Crippen LogP contribution is 2.36. The zero-order valence-electron chi connectivity index (χ0n) is 31.4. The summed E-state index contributed by atoms with van der Waals surface area (Å²) in [7, 11) is 0.